The van der Waals surface area contributed by atoms with E-state index in [9.17, 15) is 0 Å². The Morgan fingerprint density at radius 1 is 0.938 bits per heavy atom. The van der Waals surface area contributed by atoms with E-state index < -0.39 is 0 Å². The summed E-state index contributed by atoms with van der Waals surface area (Å²) in [5.74, 6) is 14.1. The standard InChI is InChI=1S/C15H25N/c1-7-14(4)9-11-15(12-16(5)6)10-8-13(2)3/h13-15H,7,12H2,1-6H3. The Balaban J connectivity index is 4.55. The van der Waals surface area contributed by atoms with E-state index in [2.05, 4.69) is 70.4 Å². The molecule has 0 spiro atoms. The van der Waals surface area contributed by atoms with Crippen molar-refractivity contribution in [1.29, 1.82) is 0 Å². The van der Waals surface area contributed by atoms with Crippen LogP contribution in [0.3, 0.4) is 0 Å². The Hall–Kier alpha value is -0.920. The van der Waals surface area contributed by atoms with Gasteiger partial charge >= 0.3 is 0 Å². The topological polar surface area (TPSA) is 3.24 Å². The molecule has 0 heterocycles. The molecule has 1 nitrogen and oxygen atoms in total. The predicted octanol–water partition coefficient (Wildman–Crippen LogP) is 2.87. The molecule has 0 aromatic heterocycles. The van der Waals surface area contributed by atoms with E-state index in [4.69, 9.17) is 0 Å². The monoisotopic (exact) mass is 219 g/mol. The summed E-state index contributed by atoms with van der Waals surface area (Å²) in [7, 11) is 4.13. The Morgan fingerprint density at radius 2 is 1.50 bits per heavy atom. The van der Waals surface area contributed by atoms with E-state index in [0.29, 0.717) is 11.8 Å². The van der Waals surface area contributed by atoms with Crippen LogP contribution in [0.4, 0.5) is 0 Å². The predicted molar refractivity (Wildman–Crippen MR) is 71.9 cm³/mol. The molecular formula is C15H25N. The highest BCUT2D eigenvalue weighted by Gasteiger charge is 2.02. The van der Waals surface area contributed by atoms with E-state index in [1.807, 2.05) is 0 Å². The minimum atomic E-state index is 0.186. The summed E-state index contributed by atoms with van der Waals surface area (Å²) in [6.45, 7) is 9.47. The average molecular weight is 219 g/mol. The third-order valence-electron chi connectivity index (χ3n) is 2.21. The summed E-state index contributed by atoms with van der Waals surface area (Å²) < 4.78 is 0. The highest BCUT2D eigenvalue weighted by atomic mass is 15.0. The molecule has 0 rings (SSSR count). The first-order valence-corrected chi connectivity index (χ1v) is 6.12. The minimum absolute atomic E-state index is 0.186. The van der Waals surface area contributed by atoms with Crippen molar-refractivity contribution in [3.63, 3.8) is 0 Å². The fourth-order valence-corrected chi connectivity index (χ4v) is 1.10. The third-order valence-corrected chi connectivity index (χ3v) is 2.21. The molecule has 0 aromatic carbocycles. The van der Waals surface area contributed by atoms with Gasteiger partial charge in [0.25, 0.3) is 0 Å². The molecule has 0 amide bonds. The van der Waals surface area contributed by atoms with Gasteiger partial charge in [0.15, 0.2) is 0 Å². The van der Waals surface area contributed by atoms with Crippen molar-refractivity contribution in [1.82, 2.24) is 4.90 Å². The van der Waals surface area contributed by atoms with Gasteiger partial charge in [-0.05, 0) is 20.5 Å². The van der Waals surface area contributed by atoms with E-state index in [-0.39, 0.29) is 5.92 Å². The first kappa shape index (κ1) is 15.1. The molecule has 0 aromatic rings. The lowest BCUT2D eigenvalue weighted by Gasteiger charge is -2.11. The summed E-state index contributed by atoms with van der Waals surface area (Å²) in [6.07, 6.45) is 1.11. The van der Waals surface area contributed by atoms with Crippen molar-refractivity contribution < 1.29 is 0 Å². The molecule has 0 N–H and O–H groups in total. The van der Waals surface area contributed by atoms with Gasteiger partial charge in [0.05, 0.1) is 5.92 Å². The summed E-state index contributed by atoms with van der Waals surface area (Å²) in [6, 6.07) is 0. The molecule has 0 saturated heterocycles. The van der Waals surface area contributed by atoms with E-state index in [0.717, 1.165) is 13.0 Å². The van der Waals surface area contributed by atoms with Crippen LogP contribution in [0.1, 0.15) is 34.1 Å². The fourth-order valence-electron chi connectivity index (χ4n) is 1.10. The second-order valence-corrected chi connectivity index (χ2v) is 4.86. The lowest BCUT2D eigenvalue weighted by molar-refractivity contribution is 0.393. The van der Waals surface area contributed by atoms with Crippen molar-refractivity contribution in [2.45, 2.75) is 34.1 Å². The van der Waals surface area contributed by atoms with Gasteiger partial charge in [-0.1, -0.05) is 51.4 Å². The quantitative estimate of drug-likeness (QED) is 0.660. The highest BCUT2D eigenvalue weighted by molar-refractivity contribution is 5.20. The van der Waals surface area contributed by atoms with Crippen LogP contribution < -0.4 is 0 Å². The zero-order valence-corrected chi connectivity index (χ0v) is 11.6. The molecule has 1 heteroatoms. The zero-order valence-electron chi connectivity index (χ0n) is 11.6. The maximum absolute atomic E-state index is 3.29. The number of hydrogen-bond donors (Lipinski definition) is 0. The normalized spacial score (nSPS) is 13.8. The van der Waals surface area contributed by atoms with E-state index in [1.54, 1.807) is 0 Å². The Kier molecular flexibility index (Phi) is 7.78. The molecule has 0 fully saturated rings. The maximum Gasteiger partial charge on any atom is 0.0937 e. The number of nitrogens with zero attached hydrogens (tertiary/aromatic N) is 1. The van der Waals surface area contributed by atoms with Crippen molar-refractivity contribution in [2.24, 2.45) is 17.8 Å². The van der Waals surface area contributed by atoms with Gasteiger partial charge in [-0.15, -0.1) is 0 Å². The SMILES string of the molecule is CCC(C)C#CC(C#CC(C)C)CN(C)C. The zero-order chi connectivity index (χ0) is 12.6. The molecule has 0 radical (unpaired) electrons. The summed E-state index contributed by atoms with van der Waals surface area (Å²) in [4.78, 5) is 2.14. The average Bonchev–Trinajstić information content (AvgIpc) is 2.20. The Morgan fingerprint density at radius 3 is 1.94 bits per heavy atom. The summed E-state index contributed by atoms with van der Waals surface area (Å²) in [5.41, 5.74) is 0. The van der Waals surface area contributed by atoms with Crippen molar-refractivity contribution in [2.75, 3.05) is 20.6 Å². The van der Waals surface area contributed by atoms with Crippen LogP contribution in [0, 0.1) is 41.4 Å². The van der Waals surface area contributed by atoms with E-state index >= 15 is 0 Å². The van der Waals surface area contributed by atoms with Crippen LogP contribution in [-0.4, -0.2) is 25.5 Å². The van der Waals surface area contributed by atoms with Crippen LogP contribution >= 0.6 is 0 Å². The summed E-state index contributed by atoms with van der Waals surface area (Å²) in [5, 5.41) is 0. The molecular weight excluding hydrogens is 194 g/mol. The van der Waals surface area contributed by atoms with E-state index in [1.165, 1.54) is 0 Å². The van der Waals surface area contributed by atoms with Crippen molar-refractivity contribution >= 4 is 0 Å². The lowest BCUT2D eigenvalue weighted by Crippen LogP contribution is -2.20. The van der Waals surface area contributed by atoms with Gasteiger partial charge in [-0.2, -0.15) is 0 Å². The highest BCUT2D eigenvalue weighted by Crippen LogP contribution is 2.01. The molecule has 16 heavy (non-hydrogen) atoms. The van der Waals surface area contributed by atoms with Crippen LogP contribution in [0.25, 0.3) is 0 Å². The number of hydrogen-bond acceptors (Lipinski definition) is 1. The second-order valence-electron chi connectivity index (χ2n) is 4.86. The van der Waals surface area contributed by atoms with Gasteiger partial charge in [0.1, 0.15) is 0 Å². The van der Waals surface area contributed by atoms with Gasteiger partial charge < -0.3 is 4.90 Å². The van der Waals surface area contributed by atoms with Gasteiger partial charge in [0, 0.05) is 18.4 Å². The van der Waals surface area contributed by atoms with Crippen LogP contribution in [0.15, 0.2) is 0 Å². The molecule has 2 unspecified atom stereocenters. The van der Waals surface area contributed by atoms with Gasteiger partial charge in [-0.25, -0.2) is 0 Å². The molecule has 0 saturated carbocycles. The molecule has 0 bridgehead atoms. The van der Waals surface area contributed by atoms with Crippen LogP contribution in [0.2, 0.25) is 0 Å². The molecule has 0 aliphatic carbocycles. The smallest absolute Gasteiger partial charge is 0.0937 e. The molecule has 0 aliphatic rings. The largest absolute Gasteiger partial charge is 0.307 e. The van der Waals surface area contributed by atoms with Crippen LogP contribution in [-0.2, 0) is 0 Å². The number of rotatable bonds is 3. The van der Waals surface area contributed by atoms with Crippen molar-refractivity contribution in [3.8, 4) is 23.7 Å². The summed E-state index contributed by atoms with van der Waals surface area (Å²) >= 11 is 0. The van der Waals surface area contributed by atoms with Gasteiger partial charge in [-0.3, -0.25) is 0 Å². The first-order chi connectivity index (χ1) is 7.45. The molecule has 0 aliphatic heterocycles. The minimum Gasteiger partial charge on any atom is -0.307 e. The van der Waals surface area contributed by atoms with Crippen molar-refractivity contribution in [3.05, 3.63) is 0 Å². The lowest BCUT2D eigenvalue weighted by atomic mass is 10.1. The fraction of sp³-hybridized carbons (Fsp3) is 0.733. The Bertz CT molecular complexity index is 293. The second kappa shape index (κ2) is 8.26. The van der Waals surface area contributed by atoms with Crippen LogP contribution in [0.5, 0.6) is 0 Å². The first-order valence-electron chi connectivity index (χ1n) is 6.12. The molecule has 2 atom stereocenters. The van der Waals surface area contributed by atoms with Gasteiger partial charge in [0.2, 0.25) is 0 Å². The third kappa shape index (κ3) is 8.39. The maximum atomic E-state index is 3.29. The molecule has 90 valence electrons. The Labute approximate surface area is 102 Å².